The molecule has 4 heteroatoms. The summed E-state index contributed by atoms with van der Waals surface area (Å²) in [4.78, 5) is 0. The second-order valence-corrected chi connectivity index (χ2v) is 7.58. The summed E-state index contributed by atoms with van der Waals surface area (Å²) in [6, 6.07) is 14.7. The molecule has 0 saturated heterocycles. The van der Waals surface area contributed by atoms with Crippen LogP contribution in [0.5, 0.6) is 0 Å². The van der Waals surface area contributed by atoms with E-state index in [2.05, 4.69) is 0 Å². The first-order valence-electron chi connectivity index (χ1n) is 6.86. The van der Waals surface area contributed by atoms with Crippen molar-refractivity contribution in [3.63, 3.8) is 0 Å². The van der Waals surface area contributed by atoms with Gasteiger partial charge in [0.05, 0.1) is 17.6 Å². The van der Waals surface area contributed by atoms with Crippen LogP contribution in [0.2, 0.25) is 0 Å². The third kappa shape index (κ3) is 4.69. The third-order valence-corrected chi connectivity index (χ3v) is 4.94. The molecule has 0 aliphatic rings. The Morgan fingerprint density at radius 2 is 1.67 bits per heavy atom. The summed E-state index contributed by atoms with van der Waals surface area (Å²) >= 11 is 0. The van der Waals surface area contributed by atoms with Crippen molar-refractivity contribution >= 4 is 9.84 Å². The van der Waals surface area contributed by atoms with E-state index in [1.807, 2.05) is 44.2 Å². The number of hydrogen-bond donors (Lipinski definition) is 1. The Labute approximate surface area is 126 Å². The maximum absolute atomic E-state index is 12.2. The zero-order valence-corrected chi connectivity index (χ0v) is 13.1. The molecule has 2 aromatic rings. The topological polar surface area (TPSA) is 54.4 Å². The minimum atomic E-state index is -3.36. The van der Waals surface area contributed by atoms with Crippen LogP contribution in [0.3, 0.4) is 0 Å². The van der Waals surface area contributed by atoms with Gasteiger partial charge in [-0.3, -0.25) is 0 Å². The molecule has 0 spiro atoms. The zero-order valence-electron chi connectivity index (χ0n) is 12.3. The predicted octanol–water partition coefficient (Wildman–Crippen LogP) is 2.95. The van der Waals surface area contributed by atoms with Gasteiger partial charge in [-0.05, 0) is 25.0 Å². The van der Waals surface area contributed by atoms with Gasteiger partial charge in [-0.2, -0.15) is 0 Å². The highest BCUT2D eigenvalue weighted by Crippen LogP contribution is 2.18. The maximum atomic E-state index is 12.2. The Morgan fingerprint density at radius 1 is 1.00 bits per heavy atom. The summed E-state index contributed by atoms with van der Waals surface area (Å²) in [7, 11) is -3.36. The quantitative estimate of drug-likeness (QED) is 0.924. The van der Waals surface area contributed by atoms with Gasteiger partial charge in [-0.1, -0.05) is 59.7 Å². The van der Waals surface area contributed by atoms with Crippen LogP contribution in [0.4, 0.5) is 0 Å². The minimum absolute atomic E-state index is 0.0440. The minimum Gasteiger partial charge on any atom is -0.387 e. The van der Waals surface area contributed by atoms with Crippen LogP contribution in [0, 0.1) is 13.8 Å². The summed E-state index contributed by atoms with van der Waals surface area (Å²) in [6.07, 6.45) is -0.986. The van der Waals surface area contributed by atoms with Crippen molar-refractivity contribution in [1.29, 1.82) is 0 Å². The van der Waals surface area contributed by atoms with Crippen molar-refractivity contribution in [2.75, 3.05) is 5.75 Å². The number of aryl methyl sites for hydroxylation is 2. The fourth-order valence-corrected chi connectivity index (χ4v) is 3.72. The van der Waals surface area contributed by atoms with Crippen LogP contribution >= 0.6 is 0 Å². The lowest BCUT2D eigenvalue weighted by atomic mass is 10.1. The molecule has 0 bridgehead atoms. The van der Waals surface area contributed by atoms with E-state index in [1.165, 1.54) is 0 Å². The molecule has 21 heavy (non-hydrogen) atoms. The van der Waals surface area contributed by atoms with Crippen LogP contribution in [0.25, 0.3) is 0 Å². The van der Waals surface area contributed by atoms with E-state index in [0.29, 0.717) is 5.56 Å². The molecule has 1 N–H and O–H groups in total. The standard InChI is InChI=1S/C17H20O3S/c1-13-6-8-16(9-7-13)17(18)12-21(19,20)11-15-5-3-4-14(2)10-15/h3-10,17-18H,11-12H2,1-2H3. The van der Waals surface area contributed by atoms with E-state index < -0.39 is 15.9 Å². The van der Waals surface area contributed by atoms with Crippen molar-refractivity contribution < 1.29 is 13.5 Å². The molecule has 0 aliphatic carbocycles. The van der Waals surface area contributed by atoms with Crippen LogP contribution < -0.4 is 0 Å². The zero-order chi connectivity index (χ0) is 15.5. The molecule has 0 saturated carbocycles. The molecule has 0 fully saturated rings. The monoisotopic (exact) mass is 304 g/mol. The molecule has 0 radical (unpaired) electrons. The number of aliphatic hydroxyl groups excluding tert-OH is 1. The number of sulfone groups is 1. The molecule has 1 unspecified atom stereocenters. The van der Waals surface area contributed by atoms with E-state index in [9.17, 15) is 13.5 Å². The van der Waals surface area contributed by atoms with E-state index in [0.717, 1.165) is 16.7 Å². The molecule has 0 aromatic heterocycles. The van der Waals surface area contributed by atoms with Crippen LogP contribution in [0.15, 0.2) is 48.5 Å². The molecule has 3 nitrogen and oxygen atoms in total. The van der Waals surface area contributed by atoms with Gasteiger partial charge in [0.15, 0.2) is 9.84 Å². The maximum Gasteiger partial charge on any atom is 0.157 e. The van der Waals surface area contributed by atoms with Gasteiger partial charge in [0, 0.05) is 0 Å². The van der Waals surface area contributed by atoms with E-state index in [4.69, 9.17) is 0 Å². The number of aliphatic hydroxyl groups is 1. The van der Waals surface area contributed by atoms with Crippen molar-refractivity contribution in [3.8, 4) is 0 Å². The van der Waals surface area contributed by atoms with E-state index >= 15 is 0 Å². The number of hydrogen-bond acceptors (Lipinski definition) is 3. The summed E-state index contributed by atoms with van der Waals surface area (Å²) in [5.74, 6) is -0.304. The fraction of sp³-hybridized carbons (Fsp3) is 0.294. The molecular formula is C17H20O3S. The smallest absolute Gasteiger partial charge is 0.157 e. The third-order valence-electron chi connectivity index (χ3n) is 3.34. The second kappa shape index (κ2) is 6.41. The highest BCUT2D eigenvalue weighted by atomic mass is 32.2. The first-order valence-corrected chi connectivity index (χ1v) is 8.68. The Kier molecular flexibility index (Phi) is 4.80. The Hall–Kier alpha value is -1.65. The molecule has 1 atom stereocenters. The highest BCUT2D eigenvalue weighted by molar-refractivity contribution is 7.90. The summed E-state index contributed by atoms with van der Waals surface area (Å²) in [5.41, 5.74) is 3.50. The SMILES string of the molecule is Cc1ccc(C(O)CS(=O)(=O)Cc2cccc(C)c2)cc1. The second-order valence-electron chi connectivity index (χ2n) is 5.47. The summed E-state index contributed by atoms with van der Waals surface area (Å²) in [6.45, 7) is 3.88. The van der Waals surface area contributed by atoms with Crippen molar-refractivity contribution in [2.24, 2.45) is 0 Å². The molecule has 112 valence electrons. The summed E-state index contributed by atoms with van der Waals surface area (Å²) < 4.78 is 24.4. The average Bonchev–Trinajstić information content (AvgIpc) is 2.38. The Balaban J connectivity index is 2.08. The van der Waals surface area contributed by atoms with Crippen molar-refractivity contribution in [1.82, 2.24) is 0 Å². The van der Waals surface area contributed by atoms with E-state index in [-0.39, 0.29) is 11.5 Å². The van der Waals surface area contributed by atoms with Crippen molar-refractivity contribution in [2.45, 2.75) is 25.7 Å². The first kappa shape index (κ1) is 15.7. The lowest BCUT2D eigenvalue weighted by molar-refractivity contribution is 0.201. The normalized spacial score (nSPS) is 13.1. The lowest BCUT2D eigenvalue weighted by Gasteiger charge is -2.12. The average molecular weight is 304 g/mol. The van der Waals surface area contributed by atoms with Gasteiger partial charge >= 0.3 is 0 Å². The molecule has 0 amide bonds. The van der Waals surface area contributed by atoms with Crippen LogP contribution in [-0.4, -0.2) is 19.3 Å². The van der Waals surface area contributed by atoms with Gasteiger partial charge in [0.1, 0.15) is 0 Å². The van der Waals surface area contributed by atoms with Gasteiger partial charge in [-0.15, -0.1) is 0 Å². The van der Waals surface area contributed by atoms with Crippen LogP contribution in [0.1, 0.15) is 28.4 Å². The number of rotatable bonds is 5. The predicted molar refractivity (Wildman–Crippen MR) is 84.8 cm³/mol. The Morgan fingerprint density at radius 3 is 2.29 bits per heavy atom. The molecule has 0 heterocycles. The first-order chi connectivity index (χ1) is 9.85. The van der Waals surface area contributed by atoms with Gasteiger partial charge in [0.25, 0.3) is 0 Å². The lowest BCUT2D eigenvalue weighted by Crippen LogP contribution is -2.16. The van der Waals surface area contributed by atoms with Gasteiger partial charge < -0.3 is 5.11 Å². The van der Waals surface area contributed by atoms with Crippen molar-refractivity contribution in [3.05, 3.63) is 70.8 Å². The highest BCUT2D eigenvalue weighted by Gasteiger charge is 2.19. The molecular weight excluding hydrogens is 284 g/mol. The van der Waals surface area contributed by atoms with Gasteiger partial charge in [-0.25, -0.2) is 8.42 Å². The largest absolute Gasteiger partial charge is 0.387 e. The van der Waals surface area contributed by atoms with Crippen LogP contribution in [-0.2, 0) is 15.6 Å². The molecule has 2 rings (SSSR count). The van der Waals surface area contributed by atoms with Gasteiger partial charge in [0.2, 0.25) is 0 Å². The van der Waals surface area contributed by atoms with E-state index in [1.54, 1.807) is 18.2 Å². The molecule has 0 aliphatic heterocycles. The fourth-order valence-electron chi connectivity index (χ4n) is 2.24. The molecule has 2 aromatic carbocycles. The number of benzene rings is 2. The summed E-state index contributed by atoms with van der Waals surface area (Å²) in [5, 5.41) is 10.1. The Bertz CT molecular complexity index is 703.